The molecule has 2 heterocycles. The van der Waals surface area contributed by atoms with Crippen LogP contribution in [0, 0.1) is 6.92 Å². The van der Waals surface area contributed by atoms with Gasteiger partial charge in [0.25, 0.3) is 5.91 Å². The number of para-hydroxylation sites is 1. The minimum atomic E-state index is -0.335. The van der Waals surface area contributed by atoms with Gasteiger partial charge < -0.3 is 5.73 Å². The van der Waals surface area contributed by atoms with E-state index in [1.165, 1.54) is 28.2 Å². The van der Waals surface area contributed by atoms with E-state index in [4.69, 9.17) is 5.73 Å². The van der Waals surface area contributed by atoms with Gasteiger partial charge in [0, 0.05) is 17.2 Å². The van der Waals surface area contributed by atoms with Gasteiger partial charge in [0.15, 0.2) is 0 Å². The Hall–Kier alpha value is -2.40. The number of benzene rings is 1. The Kier molecular flexibility index (Phi) is 3.73. The number of carbonyl (C=O) groups is 1. The smallest absolute Gasteiger partial charge is 0.259 e. The van der Waals surface area contributed by atoms with Gasteiger partial charge in [-0.3, -0.25) is 4.79 Å². The lowest BCUT2D eigenvalue weighted by atomic mass is 9.82. The van der Waals surface area contributed by atoms with Crippen molar-refractivity contribution in [3.63, 3.8) is 0 Å². The van der Waals surface area contributed by atoms with Crippen molar-refractivity contribution in [3.05, 3.63) is 69.2 Å². The monoisotopic (exact) mass is 337 g/mol. The van der Waals surface area contributed by atoms with Gasteiger partial charge in [-0.1, -0.05) is 18.2 Å². The summed E-state index contributed by atoms with van der Waals surface area (Å²) in [6.07, 6.45) is 5.09. The van der Waals surface area contributed by atoms with Crippen LogP contribution in [0.2, 0.25) is 0 Å². The zero-order valence-corrected chi connectivity index (χ0v) is 14.3. The average molecular weight is 337 g/mol. The number of carbonyl (C=O) groups excluding carboxylic acids is 1. The predicted molar refractivity (Wildman–Crippen MR) is 95.9 cm³/mol. The predicted octanol–water partition coefficient (Wildman–Crippen LogP) is 3.81. The zero-order chi connectivity index (χ0) is 16.7. The maximum atomic E-state index is 11.7. The number of primary amides is 1. The van der Waals surface area contributed by atoms with Crippen LogP contribution < -0.4 is 5.73 Å². The Morgan fingerprint density at radius 3 is 2.92 bits per heavy atom. The number of amides is 1. The number of thiophene rings is 1. The molecule has 4 nitrogen and oxygen atoms in total. The largest absolute Gasteiger partial charge is 0.365 e. The van der Waals surface area contributed by atoms with Crippen molar-refractivity contribution in [2.24, 2.45) is 5.73 Å². The minimum Gasteiger partial charge on any atom is -0.365 e. The van der Waals surface area contributed by atoms with Gasteiger partial charge in [-0.05, 0) is 54.8 Å². The van der Waals surface area contributed by atoms with E-state index in [1.54, 1.807) is 0 Å². The topological polar surface area (TPSA) is 60.9 Å². The quantitative estimate of drug-likeness (QED) is 0.790. The molecule has 0 bridgehead atoms. The highest BCUT2D eigenvalue weighted by Crippen LogP contribution is 2.40. The molecule has 4 rings (SSSR count). The Labute approximate surface area is 144 Å². The third-order valence-corrected chi connectivity index (χ3v) is 5.77. The van der Waals surface area contributed by atoms with Crippen LogP contribution in [-0.2, 0) is 6.42 Å². The minimum absolute atomic E-state index is 0.209. The van der Waals surface area contributed by atoms with Gasteiger partial charge in [-0.15, -0.1) is 11.3 Å². The van der Waals surface area contributed by atoms with E-state index in [1.807, 2.05) is 29.8 Å². The summed E-state index contributed by atoms with van der Waals surface area (Å²) in [5.74, 6) is -0.126. The lowest BCUT2D eigenvalue weighted by Crippen LogP contribution is -2.17. The van der Waals surface area contributed by atoms with Crippen LogP contribution in [0.1, 0.15) is 50.8 Å². The lowest BCUT2D eigenvalue weighted by molar-refractivity contribution is 0.100. The van der Waals surface area contributed by atoms with E-state index < -0.39 is 0 Å². The molecule has 0 radical (unpaired) electrons. The number of rotatable bonds is 3. The van der Waals surface area contributed by atoms with Gasteiger partial charge in [0.05, 0.1) is 16.8 Å². The Morgan fingerprint density at radius 1 is 1.29 bits per heavy atom. The second-order valence-electron chi connectivity index (χ2n) is 6.26. The number of aryl methyl sites for hydroxylation is 1. The summed E-state index contributed by atoms with van der Waals surface area (Å²) in [5.41, 5.74) is 11.4. The summed E-state index contributed by atoms with van der Waals surface area (Å²) in [6, 6.07) is 10.3. The van der Waals surface area contributed by atoms with Gasteiger partial charge in [0.1, 0.15) is 0 Å². The number of fused-ring (bicyclic) bond motifs is 1. The molecule has 0 spiro atoms. The van der Waals surface area contributed by atoms with Crippen LogP contribution in [0.15, 0.2) is 41.9 Å². The molecule has 3 aromatic rings. The Morgan fingerprint density at radius 2 is 2.12 bits per heavy atom. The maximum absolute atomic E-state index is 11.7. The van der Waals surface area contributed by atoms with Crippen molar-refractivity contribution in [1.29, 1.82) is 0 Å². The highest BCUT2D eigenvalue weighted by molar-refractivity contribution is 7.12. The summed E-state index contributed by atoms with van der Waals surface area (Å²) in [5, 5.41) is 6.62. The van der Waals surface area contributed by atoms with Crippen LogP contribution in [-0.4, -0.2) is 15.7 Å². The molecule has 1 atom stereocenters. The van der Waals surface area contributed by atoms with Crippen LogP contribution in [0.4, 0.5) is 0 Å². The van der Waals surface area contributed by atoms with Crippen LogP contribution in [0.5, 0.6) is 0 Å². The van der Waals surface area contributed by atoms with Crippen molar-refractivity contribution in [2.45, 2.75) is 32.1 Å². The molecule has 2 N–H and O–H groups in total. The normalized spacial score (nSPS) is 16.8. The zero-order valence-electron chi connectivity index (χ0n) is 13.5. The Balaban J connectivity index is 1.82. The number of hydrogen-bond acceptors (Lipinski definition) is 3. The maximum Gasteiger partial charge on any atom is 0.259 e. The van der Waals surface area contributed by atoms with E-state index in [0.29, 0.717) is 4.88 Å². The summed E-state index contributed by atoms with van der Waals surface area (Å²) in [4.78, 5) is 12.4. The molecule has 0 saturated carbocycles. The van der Waals surface area contributed by atoms with Crippen LogP contribution in [0.3, 0.4) is 0 Å². The number of aromatic nitrogens is 2. The van der Waals surface area contributed by atoms with Gasteiger partial charge in [0.2, 0.25) is 0 Å². The van der Waals surface area contributed by atoms with E-state index >= 15 is 0 Å². The van der Waals surface area contributed by atoms with Crippen molar-refractivity contribution in [3.8, 4) is 5.69 Å². The molecule has 122 valence electrons. The fourth-order valence-corrected chi connectivity index (χ4v) is 4.50. The highest BCUT2D eigenvalue weighted by atomic mass is 32.1. The van der Waals surface area contributed by atoms with E-state index in [9.17, 15) is 4.79 Å². The van der Waals surface area contributed by atoms with Crippen LogP contribution >= 0.6 is 11.3 Å². The molecule has 1 aromatic carbocycles. The number of hydrogen-bond donors (Lipinski definition) is 1. The average Bonchev–Trinajstić information content (AvgIpc) is 3.22. The van der Waals surface area contributed by atoms with E-state index in [0.717, 1.165) is 30.5 Å². The fraction of sp³-hybridized carbons (Fsp3) is 0.263. The molecular weight excluding hydrogens is 318 g/mol. The molecule has 24 heavy (non-hydrogen) atoms. The summed E-state index contributed by atoms with van der Waals surface area (Å²) < 4.78 is 2.06. The third kappa shape index (κ3) is 2.36. The summed E-state index contributed by atoms with van der Waals surface area (Å²) >= 11 is 1.43. The summed E-state index contributed by atoms with van der Waals surface area (Å²) in [7, 11) is 0. The highest BCUT2D eigenvalue weighted by Gasteiger charge is 2.29. The fourth-order valence-electron chi connectivity index (χ4n) is 3.68. The first-order valence-electron chi connectivity index (χ1n) is 8.17. The standard InChI is InChI=1S/C19H19N3OS/c1-12-5-2-3-7-16(12)22-17-8-4-6-13(15(17)11-21-22)14-9-10-24-18(14)19(20)23/h2-3,5,7,9-11,13H,4,6,8H2,1H3,(H2,20,23)/t13-/m0/s1. The van der Waals surface area contributed by atoms with E-state index in [-0.39, 0.29) is 11.8 Å². The molecular formula is C19H19N3OS. The SMILES string of the molecule is Cc1ccccc1-n1ncc2c1CCC[C@H]2c1ccsc1C(N)=O. The van der Waals surface area contributed by atoms with Gasteiger partial charge in [-0.2, -0.15) is 5.10 Å². The number of nitrogens with zero attached hydrogens (tertiary/aromatic N) is 2. The molecule has 1 aliphatic carbocycles. The van der Waals surface area contributed by atoms with Crippen molar-refractivity contribution >= 4 is 17.2 Å². The van der Waals surface area contributed by atoms with Gasteiger partial charge in [-0.25, -0.2) is 4.68 Å². The molecule has 0 fully saturated rings. The van der Waals surface area contributed by atoms with Crippen LogP contribution in [0.25, 0.3) is 5.69 Å². The molecule has 0 aliphatic heterocycles. The molecule has 1 amide bonds. The van der Waals surface area contributed by atoms with Crippen molar-refractivity contribution < 1.29 is 4.79 Å². The number of nitrogens with two attached hydrogens (primary N) is 1. The molecule has 2 aromatic heterocycles. The second kappa shape index (κ2) is 5.91. The van der Waals surface area contributed by atoms with E-state index in [2.05, 4.69) is 28.8 Å². The second-order valence-corrected chi connectivity index (χ2v) is 7.18. The first kappa shape index (κ1) is 15.1. The third-order valence-electron chi connectivity index (χ3n) is 4.82. The van der Waals surface area contributed by atoms with Crippen molar-refractivity contribution in [1.82, 2.24) is 9.78 Å². The molecule has 0 unspecified atom stereocenters. The molecule has 5 heteroatoms. The lowest BCUT2D eigenvalue weighted by Gasteiger charge is -2.23. The summed E-state index contributed by atoms with van der Waals surface area (Å²) in [6.45, 7) is 2.10. The Bertz CT molecular complexity index is 909. The van der Waals surface area contributed by atoms with Gasteiger partial charge >= 0.3 is 0 Å². The van der Waals surface area contributed by atoms with Crippen molar-refractivity contribution in [2.75, 3.05) is 0 Å². The first-order chi connectivity index (χ1) is 11.7. The first-order valence-corrected chi connectivity index (χ1v) is 9.04. The molecule has 1 aliphatic rings. The molecule has 0 saturated heterocycles.